The van der Waals surface area contributed by atoms with E-state index in [1.54, 1.807) is 6.20 Å². The van der Waals surface area contributed by atoms with Gasteiger partial charge in [-0.2, -0.15) is 13.2 Å². The van der Waals surface area contributed by atoms with Gasteiger partial charge in [0, 0.05) is 30.6 Å². The van der Waals surface area contributed by atoms with E-state index in [4.69, 9.17) is 0 Å². The van der Waals surface area contributed by atoms with Crippen molar-refractivity contribution in [1.82, 2.24) is 19.9 Å². The lowest BCUT2D eigenvalue weighted by molar-refractivity contribution is -0.140. The molecule has 3 aromatic heterocycles. The van der Waals surface area contributed by atoms with E-state index in [0.717, 1.165) is 53.0 Å². The number of aromatic amines is 1. The summed E-state index contributed by atoms with van der Waals surface area (Å²) in [6, 6.07) is 1.92. The van der Waals surface area contributed by atoms with Gasteiger partial charge in [0.05, 0.1) is 10.4 Å². The summed E-state index contributed by atoms with van der Waals surface area (Å²) in [6.45, 7) is 1.44. The summed E-state index contributed by atoms with van der Waals surface area (Å²) in [7, 11) is 0. The van der Waals surface area contributed by atoms with E-state index in [1.165, 1.54) is 6.33 Å². The molecule has 1 atom stereocenters. The van der Waals surface area contributed by atoms with Crippen molar-refractivity contribution in [3.05, 3.63) is 34.7 Å². The number of rotatable bonds is 2. The van der Waals surface area contributed by atoms with Crippen LogP contribution >= 0.6 is 11.3 Å². The Bertz CT molecular complexity index is 856. The van der Waals surface area contributed by atoms with Crippen LogP contribution in [0.4, 0.5) is 19.0 Å². The Hall–Kier alpha value is -2.16. The third kappa shape index (κ3) is 2.72. The van der Waals surface area contributed by atoms with E-state index in [1.807, 2.05) is 6.07 Å². The van der Waals surface area contributed by atoms with Crippen LogP contribution in [0.3, 0.4) is 0 Å². The number of aromatic nitrogens is 4. The Kier molecular flexibility index (Phi) is 3.67. The number of thiazole rings is 1. The topological polar surface area (TPSA) is 57.7 Å². The van der Waals surface area contributed by atoms with E-state index in [2.05, 4.69) is 24.8 Å². The summed E-state index contributed by atoms with van der Waals surface area (Å²) < 4.78 is 38.3. The fourth-order valence-electron chi connectivity index (χ4n) is 3.09. The minimum absolute atomic E-state index is 0.0104. The minimum atomic E-state index is -4.38. The average Bonchev–Trinajstić information content (AvgIpc) is 3.23. The maximum atomic E-state index is 12.8. The number of nitrogens with zero attached hydrogens (tertiary/aromatic N) is 4. The molecule has 1 aliphatic rings. The van der Waals surface area contributed by atoms with E-state index in [9.17, 15) is 13.2 Å². The van der Waals surface area contributed by atoms with Gasteiger partial charge in [0.25, 0.3) is 0 Å². The predicted molar refractivity (Wildman–Crippen MR) is 85.2 cm³/mol. The highest BCUT2D eigenvalue weighted by molar-refractivity contribution is 7.09. The standard InChI is InChI=1S/C15H14F3N5S/c16-15(17,18)11-7-24-14(22-11)9-2-1-5-23(6-9)13-10-3-4-19-12(10)20-8-21-13/h3-4,7-9H,1-2,5-6H2,(H,19,20,21). The molecule has 0 aromatic carbocycles. The number of halogens is 3. The van der Waals surface area contributed by atoms with Crippen LogP contribution in [0.2, 0.25) is 0 Å². The summed E-state index contributed by atoms with van der Waals surface area (Å²) in [6.07, 6.45) is 0.654. The number of H-pyrrole nitrogens is 1. The molecule has 24 heavy (non-hydrogen) atoms. The molecule has 0 aliphatic carbocycles. The summed E-state index contributed by atoms with van der Waals surface area (Å²) in [5.74, 6) is 0.808. The summed E-state index contributed by atoms with van der Waals surface area (Å²) in [4.78, 5) is 17.5. The SMILES string of the molecule is FC(F)(F)c1csc(C2CCCN(c3ncnc4[nH]ccc34)C2)n1. The molecule has 0 saturated carbocycles. The molecule has 1 saturated heterocycles. The molecule has 0 bridgehead atoms. The lowest BCUT2D eigenvalue weighted by Crippen LogP contribution is -2.35. The van der Waals surface area contributed by atoms with Crippen LogP contribution in [0.15, 0.2) is 24.0 Å². The first-order valence-corrected chi connectivity index (χ1v) is 8.46. The van der Waals surface area contributed by atoms with Crippen molar-refractivity contribution in [1.29, 1.82) is 0 Å². The number of anilines is 1. The van der Waals surface area contributed by atoms with Crippen molar-refractivity contribution in [2.75, 3.05) is 18.0 Å². The lowest BCUT2D eigenvalue weighted by Gasteiger charge is -2.32. The van der Waals surface area contributed by atoms with Crippen LogP contribution in [0, 0.1) is 0 Å². The van der Waals surface area contributed by atoms with Crippen molar-refractivity contribution in [2.24, 2.45) is 0 Å². The zero-order chi connectivity index (χ0) is 16.7. The molecule has 1 N–H and O–H groups in total. The first kappa shape index (κ1) is 15.4. The van der Waals surface area contributed by atoms with Crippen molar-refractivity contribution in [2.45, 2.75) is 24.9 Å². The first-order valence-electron chi connectivity index (χ1n) is 7.58. The molecule has 0 amide bonds. The smallest absolute Gasteiger partial charge is 0.355 e. The van der Waals surface area contributed by atoms with Gasteiger partial charge in [-0.25, -0.2) is 15.0 Å². The molecule has 1 aliphatic heterocycles. The van der Waals surface area contributed by atoms with Crippen LogP contribution in [-0.4, -0.2) is 33.0 Å². The van der Waals surface area contributed by atoms with E-state index >= 15 is 0 Å². The first-order chi connectivity index (χ1) is 11.5. The fourth-order valence-corrected chi connectivity index (χ4v) is 4.04. The zero-order valence-corrected chi connectivity index (χ0v) is 13.4. The maximum Gasteiger partial charge on any atom is 0.434 e. The van der Waals surface area contributed by atoms with Crippen LogP contribution in [-0.2, 0) is 6.18 Å². The lowest BCUT2D eigenvalue weighted by atomic mass is 9.98. The van der Waals surface area contributed by atoms with Crippen molar-refractivity contribution in [3.63, 3.8) is 0 Å². The number of nitrogens with one attached hydrogen (secondary N) is 1. The highest BCUT2D eigenvalue weighted by Gasteiger charge is 2.35. The molecule has 4 heterocycles. The molecule has 1 fully saturated rings. The Morgan fingerprint density at radius 1 is 1.29 bits per heavy atom. The van der Waals surface area contributed by atoms with Crippen LogP contribution in [0.5, 0.6) is 0 Å². The monoisotopic (exact) mass is 353 g/mol. The van der Waals surface area contributed by atoms with E-state index in [-0.39, 0.29) is 5.92 Å². The van der Waals surface area contributed by atoms with Crippen LogP contribution < -0.4 is 4.90 Å². The van der Waals surface area contributed by atoms with Gasteiger partial charge >= 0.3 is 6.18 Å². The maximum absolute atomic E-state index is 12.8. The molecule has 126 valence electrons. The van der Waals surface area contributed by atoms with Crippen molar-refractivity contribution >= 4 is 28.2 Å². The Labute approximate surface area is 139 Å². The number of alkyl halides is 3. The second kappa shape index (κ2) is 5.73. The summed E-state index contributed by atoms with van der Waals surface area (Å²) in [5.41, 5.74) is -0.0367. The molecular weight excluding hydrogens is 339 g/mol. The van der Waals surface area contributed by atoms with Crippen LogP contribution in [0.1, 0.15) is 29.5 Å². The van der Waals surface area contributed by atoms with Gasteiger partial charge in [-0.3, -0.25) is 0 Å². The highest BCUT2D eigenvalue weighted by Crippen LogP contribution is 2.36. The third-order valence-corrected chi connectivity index (χ3v) is 5.22. The Morgan fingerprint density at radius 3 is 2.96 bits per heavy atom. The number of piperidine rings is 1. The van der Waals surface area contributed by atoms with Crippen molar-refractivity contribution in [3.8, 4) is 0 Å². The molecule has 4 rings (SSSR count). The van der Waals surface area contributed by atoms with Gasteiger partial charge in [0.15, 0.2) is 5.69 Å². The quantitative estimate of drug-likeness (QED) is 0.761. The van der Waals surface area contributed by atoms with Gasteiger partial charge < -0.3 is 9.88 Å². The second-order valence-corrected chi connectivity index (χ2v) is 6.68. The van der Waals surface area contributed by atoms with Gasteiger partial charge in [0.2, 0.25) is 0 Å². The molecule has 9 heteroatoms. The molecule has 5 nitrogen and oxygen atoms in total. The highest BCUT2D eigenvalue weighted by atomic mass is 32.1. The number of fused-ring (bicyclic) bond motifs is 1. The Balaban J connectivity index is 1.60. The van der Waals surface area contributed by atoms with Crippen molar-refractivity contribution < 1.29 is 13.2 Å². The van der Waals surface area contributed by atoms with Gasteiger partial charge in [0.1, 0.15) is 17.8 Å². The van der Waals surface area contributed by atoms with Crippen LogP contribution in [0.25, 0.3) is 11.0 Å². The molecule has 0 spiro atoms. The molecule has 3 aromatic rings. The Morgan fingerprint density at radius 2 is 2.17 bits per heavy atom. The number of hydrogen-bond acceptors (Lipinski definition) is 5. The summed E-state index contributed by atoms with van der Waals surface area (Å²) in [5, 5.41) is 2.57. The summed E-state index contributed by atoms with van der Waals surface area (Å²) >= 11 is 1.09. The van der Waals surface area contributed by atoms with E-state index in [0.29, 0.717) is 11.6 Å². The normalized spacial score (nSPS) is 19.1. The molecular formula is C15H14F3N5S. The second-order valence-electron chi connectivity index (χ2n) is 5.79. The largest absolute Gasteiger partial charge is 0.434 e. The predicted octanol–water partition coefficient (Wildman–Crippen LogP) is 3.82. The van der Waals surface area contributed by atoms with Gasteiger partial charge in [-0.15, -0.1) is 11.3 Å². The third-order valence-electron chi connectivity index (χ3n) is 4.22. The zero-order valence-electron chi connectivity index (χ0n) is 12.5. The van der Waals surface area contributed by atoms with Gasteiger partial charge in [-0.05, 0) is 18.9 Å². The molecule has 0 radical (unpaired) electrons. The minimum Gasteiger partial charge on any atom is -0.355 e. The van der Waals surface area contributed by atoms with Gasteiger partial charge in [-0.1, -0.05) is 0 Å². The number of hydrogen-bond donors (Lipinski definition) is 1. The molecule has 1 unspecified atom stereocenters. The van der Waals surface area contributed by atoms with E-state index < -0.39 is 11.9 Å². The fraction of sp³-hybridized carbons (Fsp3) is 0.400. The average molecular weight is 353 g/mol.